The fourth-order valence-electron chi connectivity index (χ4n) is 3.07. The van der Waals surface area contributed by atoms with Crippen molar-refractivity contribution >= 4 is 11.5 Å². The van der Waals surface area contributed by atoms with E-state index >= 15 is 0 Å². The molecule has 2 aromatic rings. The van der Waals surface area contributed by atoms with Crippen LogP contribution in [0.4, 0.5) is 5.82 Å². The highest BCUT2D eigenvalue weighted by Gasteiger charge is 2.27. The molecule has 2 N–H and O–H groups in total. The Morgan fingerprint density at radius 2 is 1.86 bits per heavy atom. The van der Waals surface area contributed by atoms with Gasteiger partial charge in [0.2, 0.25) is 0 Å². The lowest BCUT2D eigenvalue weighted by atomic mass is 10.0. The Labute approximate surface area is 126 Å². The van der Waals surface area contributed by atoms with Crippen LogP contribution in [0.3, 0.4) is 0 Å². The van der Waals surface area contributed by atoms with E-state index in [2.05, 4.69) is 35.0 Å². The third kappa shape index (κ3) is 2.63. The molecule has 5 heteroatoms. The Bertz CT molecular complexity index is 617. The highest BCUT2D eigenvalue weighted by atomic mass is 15.3. The van der Waals surface area contributed by atoms with E-state index in [0.717, 1.165) is 43.3 Å². The highest BCUT2D eigenvalue weighted by Crippen LogP contribution is 2.24. The van der Waals surface area contributed by atoms with Crippen LogP contribution in [-0.4, -0.2) is 46.0 Å². The molecule has 0 atom stereocenters. The third-order valence-corrected chi connectivity index (χ3v) is 4.33. The second-order valence-corrected chi connectivity index (χ2v) is 6.66. The number of anilines is 1. The van der Waals surface area contributed by atoms with E-state index in [-0.39, 0.29) is 5.54 Å². The molecule has 0 spiro atoms. The van der Waals surface area contributed by atoms with Crippen LogP contribution >= 0.6 is 0 Å². The Kier molecular flexibility index (Phi) is 3.63. The van der Waals surface area contributed by atoms with Gasteiger partial charge in [-0.1, -0.05) is 6.07 Å². The second kappa shape index (κ2) is 5.31. The van der Waals surface area contributed by atoms with Gasteiger partial charge in [0, 0.05) is 44.5 Å². The van der Waals surface area contributed by atoms with Crippen LogP contribution in [0.2, 0.25) is 0 Å². The van der Waals surface area contributed by atoms with Crippen molar-refractivity contribution in [2.75, 3.05) is 31.1 Å². The van der Waals surface area contributed by atoms with E-state index in [9.17, 15) is 0 Å². The number of fused-ring (bicyclic) bond motifs is 1. The summed E-state index contributed by atoms with van der Waals surface area (Å²) in [4.78, 5) is 9.69. The average Bonchev–Trinajstić information content (AvgIpc) is 2.85. The molecule has 0 bridgehead atoms. The molecule has 0 radical (unpaired) electrons. The van der Waals surface area contributed by atoms with Gasteiger partial charge >= 0.3 is 0 Å². The first-order valence-corrected chi connectivity index (χ1v) is 7.67. The summed E-state index contributed by atoms with van der Waals surface area (Å²) < 4.78 is 2.10. The zero-order chi connectivity index (χ0) is 15.0. The molecular formula is C16H25N5. The molecule has 114 valence electrons. The van der Waals surface area contributed by atoms with Gasteiger partial charge in [-0.3, -0.25) is 4.90 Å². The van der Waals surface area contributed by atoms with Crippen molar-refractivity contribution in [3.63, 3.8) is 0 Å². The first kappa shape index (κ1) is 14.4. The lowest BCUT2D eigenvalue weighted by Crippen LogP contribution is -2.53. The summed E-state index contributed by atoms with van der Waals surface area (Å²) in [6, 6.07) is 6.08. The molecule has 1 aliphatic heterocycles. The summed E-state index contributed by atoms with van der Waals surface area (Å²) in [7, 11) is 0. The molecule has 2 aromatic heterocycles. The van der Waals surface area contributed by atoms with Crippen LogP contribution in [0.5, 0.6) is 0 Å². The third-order valence-electron chi connectivity index (χ3n) is 4.33. The van der Waals surface area contributed by atoms with Crippen molar-refractivity contribution in [2.45, 2.75) is 32.9 Å². The van der Waals surface area contributed by atoms with Gasteiger partial charge in [0.05, 0.1) is 5.69 Å². The van der Waals surface area contributed by atoms with Crippen LogP contribution in [0.25, 0.3) is 5.65 Å². The molecule has 0 aromatic carbocycles. The largest absolute Gasteiger partial charge is 0.352 e. The molecule has 3 rings (SSSR count). The van der Waals surface area contributed by atoms with Gasteiger partial charge in [0.15, 0.2) is 5.82 Å². The van der Waals surface area contributed by atoms with Crippen LogP contribution in [0, 0.1) is 0 Å². The minimum Gasteiger partial charge on any atom is -0.352 e. The molecule has 1 aliphatic rings. The second-order valence-electron chi connectivity index (χ2n) is 6.66. The van der Waals surface area contributed by atoms with E-state index in [1.54, 1.807) is 0 Å². The summed E-state index contributed by atoms with van der Waals surface area (Å²) in [5.74, 6) is 1.05. The van der Waals surface area contributed by atoms with Crippen molar-refractivity contribution < 1.29 is 0 Å². The van der Waals surface area contributed by atoms with Crippen molar-refractivity contribution in [3.05, 3.63) is 30.1 Å². The molecule has 0 unspecified atom stereocenters. The molecule has 0 amide bonds. The number of piperazine rings is 1. The Morgan fingerprint density at radius 3 is 2.48 bits per heavy atom. The van der Waals surface area contributed by atoms with Crippen LogP contribution < -0.4 is 10.6 Å². The number of nitrogens with two attached hydrogens (primary N) is 1. The number of hydrogen-bond donors (Lipinski definition) is 1. The summed E-state index contributed by atoms with van der Waals surface area (Å²) in [6.07, 6.45) is 2.04. The summed E-state index contributed by atoms with van der Waals surface area (Å²) in [5.41, 5.74) is 8.29. The lowest BCUT2D eigenvalue weighted by Gasteiger charge is -2.42. The fraction of sp³-hybridized carbons (Fsp3) is 0.562. The number of imidazole rings is 1. The van der Waals surface area contributed by atoms with Crippen molar-refractivity contribution in [2.24, 2.45) is 5.73 Å². The molecule has 5 nitrogen and oxygen atoms in total. The van der Waals surface area contributed by atoms with Gasteiger partial charge in [-0.15, -0.1) is 0 Å². The van der Waals surface area contributed by atoms with Crippen LogP contribution in [-0.2, 0) is 6.54 Å². The predicted molar refractivity (Wildman–Crippen MR) is 86.6 cm³/mol. The first-order valence-electron chi connectivity index (χ1n) is 7.67. The number of hydrogen-bond acceptors (Lipinski definition) is 4. The number of nitrogens with zero attached hydrogens (tertiary/aromatic N) is 4. The smallest absolute Gasteiger partial charge is 0.152 e. The normalized spacial score (nSPS) is 17.6. The van der Waals surface area contributed by atoms with E-state index in [1.807, 2.05) is 24.4 Å². The van der Waals surface area contributed by atoms with Crippen molar-refractivity contribution in [1.82, 2.24) is 14.3 Å². The van der Waals surface area contributed by atoms with Crippen molar-refractivity contribution in [1.29, 1.82) is 0 Å². The quantitative estimate of drug-likeness (QED) is 0.913. The fourth-order valence-corrected chi connectivity index (χ4v) is 3.07. The molecule has 3 heterocycles. The zero-order valence-corrected chi connectivity index (χ0v) is 13.2. The maximum atomic E-state index is 5.97. The number of rotatable bonds is 2. The molecule has 0 aliphatic carbocycles. The minimum absolute atomic E-state index is 0.238. The maximum Gasteiger partial charge on any atom is 0.152 e. The summed E-state index contributed by atoms with van der Waals surface area (Å²) in [5, 5.41) is 0. The first-order chi connectivity index (χ1) is 10.0. The molecular weight excluding hydrogens is 262 g/mol. The number of pyridine rings is 1. The van der Waals surface area contributed by atoms with Gasteiger partial charge in [0.25, 0.3) is 0 Å². The van der Waals surface area contributed by atoms with E-state index < -0.39 is 0 Å². The minimum atomic E-state index is 0.238. The molecule has 21 heavy (non-hydrogen) atoms. The van der Waals surface area contributed by atoms with Gasteiger partial charge < -0.3 is 15.0 Å². The molecule has 1 fully saturated rings. The average molecular weight is 287 g/mol. The van der Waals surface area contributed by atoms with E-state index in [0.29, 0.717) is 6.54 Å². The Morgan fingerprint density at radius 1 is 1.14 bits per heavy atom. The molecule has 1 saturated heterocycles. The van der Waals surface area contributed by atoms with E-state index in [4.69, 9.17) is 10.7 Å². The van der Waals surface area contributed by atoms with Gasteiger partial charge in [0.1, 0.15) is 5.65 Å². The summed E-state index contributed by atoms with van der Waals surface area (Å²) in [6.45, 7) is 11.5. The Balaban J connectivity index is 1.85. The lowest BCUT2D eigenvalue weighted by molar-refractivity contribution is 0.128. The van der Waals surface area contributed by atoms with Crippen LogP contribution in [0.1, 0.15) is 26.5 Å². The monoisotopic (exact) mass is 287 g/mol. The van der Waals surface area contributed by atoms with Gasteiger partial charge in [-0.25, -0.2) is 4.98 Å². The van der Waals surface area contributed by atoms with Crippen molar-refractivity contribution in [3.8, 4) is 0 Å². The summed E-state index contributed by atoms with van der Waals surface area (Å²) >= 11 is 0. The predicted octanol–water partition coefficient (Wildman–Crippen LogP) is 1.71. The SMILES string of the molecule is CC(C)(C)N1CCN(c2nc3ccccn3c2CN)CC1. The number of aromatic nitrogens is 2. The van der Waals surface area contributed by atoms with Crippen LogP contribution in [0.15, 0.2) is 24.4 Å². The van der Waals surface area contributed by atoms with E-state index in [1.165, 1.54) is 0 Å². The zero-order valence-electron chi connectivity index (χ0n) is 13.2. The standard InChI is InChI=1S/C16H25N5/c1-16(2,3)20-10-8-19(9-11-20)15-13(12-17)21-7-5-4-6-14(21)18-15/h4-7H,8-12,17H2,1-3H3. The highest BCUT2D eigenvalue weighted by molar-refractivity contribution is 5.56. The topological polar surface area (TPSA) is 49.8 Å². The Hall–Kier alpha value is -1.59. The van der Waals surface area contributed by atoms with Gasteiger partial charge in [-0.05, 0) is 32.9 Å². The van der Waals surface area contributed by atoms with Gasteiger partial charge in [-0.2, -0.15) is 0 Å². The maximum absolute atomic E-state index is 5.97. The molecule has 0 saturated carbocycles.